The SMILES string of the molecule is CC(=O)On1ccc(C)c1. The summed E-state index contributed by atoms with van der Waals surface area (Å²) in [7, 11) is 0. The van der Waals surface area contributed by atoms with E-state index in [2.05, 4.69) is 0 Å². The molecular weight excluding hydrogens is 130 g/mol. The predicted octanol–water partition coefficient (Wildman–Crippen LogP) is 0.772. The molecule has 1 heterocycles. The van der Waals surface area contributed by atoms with Crippen molar-refractivity contribution in [3.8, 4) is 0 Å². The quantitative estimate of drug-likeness (QED) is 0.575. The second-order valence-electron chi connectivity index (χ2n) is 2.13. The molecule has 0 spiro atoms. The third kappa shape index (κ3) is 1.62. The van der Waals surface area contributed by atoms with Crippen molar-refractivity contribution in [2.45, 2.75) is 13.8 Å². The van der Waals surface area contributed by atoms with Crippen LogP contribution in [0, 0.1) is 6.92 Å². The van der Waals surface area contributed by atoms with Crippen molar-refractivity contribution in [3.63, 3.8) is 0 Å². The van der Waals surface area contributed by atoms with Gasteiger partial charge in [-0.25, -0.2) is 4.79 Å². The zero-order valence-electron chi connectivity index (χ0n) is 6.00. The van der Waals surface area contributed by atoms with Crippen LogP contribution < -0.4 is 4.84 Å². The zero-order valence-corrected chi connectivity index (χ0v) is 6.00. The topological polar surface area (TPSA) is 31.2 Å². The third-order valence-electron chi connectivity index (χ3n) is 1.05. The highest BCUT2D eigenvalue weighted by Crippen LogP contribution is 1.95. The van der Waals surface area contributed by atoms with E-state index in [9.17, 15) is 4.79 Å². The first kappa shape index (κ1) is 6.86. The summed E-state index contributed by atoms with van der Waals surface area (Å²) in [6.45, 7) is 3.30. The van der Waals surface area contributed by atoms with E-state index in [4.69, 9.17) is 4.84 Å². The van der Waals surface area contributed by atoms with Gasteiger partial charge in [0.2, 0.25) is 0 Å². The van der Waals surface area contributed by atoms with Crippen LogP contribution in [0.1, 0.15) is 12.5 Å². The molecule has 0 N–H and O–H groups in total. The number of carbonyl (C=O) groups excluding carboxylic acids is 1. The Kier molecular flexibility index (Phi) is 1.76. The summed E-state index contributed by atoms with van der Waals surface area (Å²) in [5.74, 6) is -0.310. The molecule has 0 aliphatic heterocycles. The molecule has 0 saturated heterocycles. The van der Waals surface area contributed by atoms with Crippen LogP contribution in [0.2, 0.25) is 0 Å². The third-order valence-corrected chi connectivity index (χ3v) is 1.05. The Morgan fingerprint density at radius 1 is 1.70 bits per heavy atom. The first-order chi connectivity index (χ1) is 4.68. The van der Waals surface area contributed by atoms with Gasteiger partial charge >= 0.3 is 5.97 Å². The molecule has 0 aliphatic carbocycles. The van der Waals surface area contributed by atoms with Crippen LogP contribution in [0.15, 0.2) is 18.5 Å². The highest BCUT2D eigenvalue weighted by atomic mass is 16.7. The number of hydrogen-bond donors (Lipinski definition) is 0. The first-order valence-electron chi connectivity index (χ1n) is 3.02. The molecule has 0 aromatic carbocycles. The average molecular weight is 139 g/mol. The van der Waals surface area contributed by atoms with Gasteiger partial charge in [0.05, 0.1) is 0 Å². The number of rotatable bonds is 1. The summed E-state index contributed by atoms with van der Waals surface area (Å²) in [5.41, 5.74) is 1.07. The molecule has 0 saturated carbocycles. The first-order valence-corrected chi connectivity index (χ1v) is 3.02. The van der Waals surface area contributed by atoms with E-state index in [0.29, 0.717) is 0 Å². The molecular formula is C7H9NO2. The van der Waals surface area contributed by atoms with Gasteiger partial charge in [0, 0.05) is 19.3 Å². The Balaban J connectivity index is 2.67. The van der Waals surface area contributed by atoms with Gasteiger partial charge in [-0.3, -0.25) is 0 Å². The molecule has 0 fully saturated rings. The maximum Gasteiger partial charge on any atom is 0.329 e. The van der Waals surface area contributed by atoms with Gasteiger partial charge in [-0.05, 0) is 18.6 Å². The lowest BCUT2D eigenvalue weighted by Crippen LogP contribution is -2.13. The number of aromatic nitrogens is 1. The standard InChI is InChI=1S/C7H9NO2/c1-6-3-4-8(5-6)10-7(2)9/h3-5H,1-2H3. The molecule has 3 heteroatoms. The van der Waals surface area contributed by atoms with Crippen LogP contribution in [0.5, 0.6) is 0 Å². The van der Waals surface area contributed by atoms with E-state index in [-0.39, 0.29) is 5.97 Å². The fraction of sp³-hybridized carbons (Fsp3) is 0.286. The van der Waals surface area contributed by atoms with Crippen LogP contribution >= 0.6 is 0 Å². The molecule has 10 heavy (non-hydrogen) atoms. The van der Waals surface area contributed by atoms with Gasteiger partial charge in [0.15, 0.2) is 0 Å². The van der Waals surface area contributed by atoms with Crippen molar-refractivity contribution in [2.75, 3.05) is 0 Å². The van der Waals surface area contributed by atoms with Gasteiger partial charge in [0.25, 0.3) is 0 Å². The van der Waals surface area contributed by atoms with Crippen LogP contribution in [-0.4, -0.2) is 10.7 Å². The van der Waals surface area contributed by atoms with Gasteiger partial charge in [-0.15, -0.1) is 0 Å². The fourth-order valence-electron chi connectivity index (χ4n) is 0.683. The second kappa shape index (κ2) is 2.56. The van der Waals surface area contributed by atoms with E-state index in [1.807, 2.05) is 13.0 Å². The lowest BCUT2D eigenvalue weighted by atomic mass is 10.4. The van der Waals surface area contributed by atoms with Crippen molar-refractivity contribution >= 4 is 5.97 Å². The van der Waals surface area contributed by atoms with Gasteiger partial charge in [-0.2, -0.15) is 4.73 Å². The number of hydrogen-bond acceptors (Lipinski definition) is 2. The maximum atomic E-state index is 10.4. The van der Waals surface area contributed by atoms with Gasteiger partial charge < -0.3 is 4.84 Å². The molecule has 0 amide bonds. The van der Waals surface area contributed by atoms with E-state index in [1.54, 1.807) is 12.4 Å². The Hall–Kier alpha value is -1.25. The van der Waals surface area contributed by atoms with Crippen molar-refractivity contribution in [1.82, 2.24) is 4.73 Å². The van der Waals surface area contributed by atoms with Crippen LogP contribution in [-0.2, 0) is 4.79 Å². The molecule has 1 aromatic rings. The highest BCUT2D eigenvalue weighted by molar-refractivity contribution is 5.66. The highest BCUT2D eigenvalue weighted by Gasteiger charge is 1.94. The van der Waals surface area contributed by atoms with Gasteiger partial charge in [0.1, 0.15) is 0 Å². The molecule has 0 radical (unpaired) electrons. The van der Waals surface area contributed by atoms with E-state index < -0.39 is 0 Å². The minimum Gasteiger partial charge on any atom is -0.337 e. The average Bonchev–Trinajstić information content (AvgIpc) is 2.13. The van der Waals surface area contributed by atoms with E-state index in [1.165, 1.54) is 11.7 Å². The van der Waals surface area contributed by atoms with Crippen molar-refractivity contribution in [3.05, 3.63) is 24.0 Å². The Morgan fingerprint density at radius 3 is 2.80 bits per heavy atom. The van der Waals surface area contributed by atoms with Crippen LogP contribution in [0.25, 0.3) is 0 Å². The molecule has 1 rings (SSSR count). The Bertz CT molecular complexity index is 240. The summed E-state index contributed by atoms with van der Waals surface area (Å²) in [6.07, 6.45) is 3.43. The second-order valence-corrected chi connectivity index (χ2v) is 2.13. The Morgan fingerprint density at radius 2 is 2.40 bits per heavy atom. The monoisotopic (exact) mass is 139 g/mol. The largest absolute Gasteiger partial charge is 0.337 e. The number of carbonyl (C=O) groups is 1. The molecule has 0 aliphatic rings. The smallest absolute Gasteiger partial charge is 0.329 e. The molecule has 1 aromatic heterocycles. The van der Waals surface area contributed by atoms with Crippen molar-refractivity contribution in [1.29, 1.82) is 0 Å². The van der Waals surface area contributed by atoms with Crippen molar-refractivity contribution < 1.29 is 9.63 Å². The minimum atomic E-state index is -0.310. The molecule has 0 atom stereocenters. The number of aryl methyl sites for hydroxylation is 1. The lowest BCUT2D eigenvalue weighted by Gasteiger charge is -1.97. The summed E-state index contributed by atoms with van der Waals surface area (Å²) >= 11 is 0. The van der Waals surface area contributed by atoms with E-state index in [0.717, 1.165) is 5.56 Å². The predicted molar refractivity (Wildman–Crippen MR) is 36.4 cm³/mol. The molecule has 0 unspecified atom stereocenters. The summed E-state index contributed by atoms with van der Waals surface area (Å²) in [4.78, 5) is 15.1. The summed E-state index contributed by atoms with van der Waals surface area (Å²) < 4.78 is 1.39. The molecule has 54 valence electrons. The fourth-order valence-corrected chi connectivity index (χ4v) is 0.683. The number of nitrogens with zero attached hydrogens (tertiary/aromatic N) is 1. The molecule has 0 bridgehead atoms. The zero-order chi connectivity index (χ0) is 7.56. The Labute approximate surface area is 59.2 Å². The van der Waals surface area contributed by atoms with Gasteiger partial charge in [-0.1, -0.05) is 0 Å². The summed E-state index contributed by atoms with van der Waals surface area (Å²) in [6, 6.07) is 1.86. The normalized spacial score (nSPS) is 9.40. The molecule has 3 nitrogen and oxygen atoms in total. The van der Waals surface area contributed by atoms with Crippen LogP contribution in [0.3, 0.4) is 0 Å². The van der Waals surface area contributed by atoms with Crippen LogP contribution in [0.4, 0.5) is 0 Å². The lowest BCUT2D eigenvalue weighted by molar-refractivity contribution is -0.141. The van der Waals surface area contributed by atoms with E-state index >= 15 is 0 Å². The minimum absolute atomic E-state index is 0.310. The van der Waals surface area contributed by atoms with Crippen molar-refractivity contribution in [2.24, 2.45) is 0 Å². The maximum absolute atomic E-state index is 10.4. The summed E-state index contributed by atoms with van der Waals surface area (Å²) in [5, 5.41) is 0.